The average Bonchev–Trinajstić information content (AvgIpc) is 3.06. The predicted octanol–water partition coefficient (Wildman–Crippen LogP) is -0.121. The van der Waals surface area contributed by atoms with Crippen molar-refractivity contribution in [2.24, 2.45) is 5.41 Å². The maximum Gasteiger partial charge on any atom is 0.290 e. The number of aliphatic hydroxyl groups is 1. The summed E-state index contributed by atoms with van der Waals surface area (Å²) in [5.41, 5.74) is -0.205. The molecule has 1 fully saturated rings. The van der Waals surface area contributed by atoms with Crippen molar-refractivity contribution in [1.82, 2.24) is 14.9 Å². The van der Waals surface area contributed by atoms with Crippen LogP contribution in [-0.4, -0.2) is 58.5 Å². The number of rotatable bonds is 6. The number of carbonyl (C=O) groups is 2. The van der Waals surface area contributed by atoms with E-state index in [1.54, 1.807) is 12.5 Å². The number of aromatic nitrogens is 2. The highest BCUT2D eigenvalue weighted by Gasteiger charge is 2.32. The molecule has 2 heterocycles. The Hall–Kier alpha value is -1.93. The molecule has 22 heavy (non-hydrogen) atoms. The topological polar surface area (TPSA) is 114 Å². The van der Waals surface area contributed by atoms with E-state index in [1.165, 1.54) is 0 Å². The third kappa shape index (κ3) is 6.23. The fraction of sp³-hybridized carbons (Fsp3) is 0.643. The quantitative estimate of drug-likeness (QED) is 0.631. The van der Waals surface area contributed by atoms with Crippen LogP contribution < -0.4 is 5.32 Å². The van der Waals surface area contributed by atoms with Gasteiger partial charge in [0.2, 0.25) is 5.91 Å². The zero-order valence-corrected chi connectivity index (χ0v) is 12.5. The highest BCUT2D eigenvalue weighted by molar-refractivity contribution is 5.75. The summed E-state index contributed by atoms with van der Waals surface area (Å²) in [7, 11) is 0. The first-order chi connectivity index (χ1) is 10.7. The average molecular weight is 313 g/mol. The summed E-state index contributed by atoms with van der Waals surface area (Å²) >= 11 is 0. The number of hydrogen-bond acceptors (Lipinski definition) is 5. The van der Waals surface area contributed by atoms with Gasteiger partial charge in [-0.25, -0.2) is 4.98 Å². The van der Waals surface area contributed by atoms with Crippen molar-refractivity contribution in [2.75, 3.05) is 26.4 Å². The highest BCUT2D eigenvalue weighted by atomic mass is 16.5. The molecule has 1 aromatic rings. The molecule has 1 amide bonds. The molecule has 2 rings (SSSR count). The summed E-state index contributed by atoms with van der Waals surface area (Å²) in [4.78, 5) is 24.1. The van der Waals surface area contributed by atoms with E-state index in [1.807, 2.05) is 10.8 Å². The van der Waals surface area contributed by atoms with Crippen LogP contribution >= 0.6 is 0 Å². The van der Waals surface area contributed by atoms with Crippen LogP contribution in [0.2, 0.25) is 0 Å². The first-order valence-corrected chi connectivity index (χ1v) is 7.15. The van der Waals surface area contributed by atoms with Crippen molar-refractivity contribution in [3.8, 4) is 0 Å². The second-order valence-corrected chi connectivity index (χ2v) is 5.20. The normalized spacial score (nSPS) is 16.2. The van der Waals surface area contributed by atoms with Crippen molar-refractivity contribution in [2.45, 2.75) is 25.8 Å². The van der Waals surface area contributed by atoms with Crippen molar-refractivity contribution < 1.29 is 24.5 Å². The maximum atomic E-state index is 11.8. The molecule has 8 heteroatoms. The Morgan fingerprint density at radius 2 is 2.14 bits per heavy atom. The van der Waals surface area contributed by atoms with Gasteiger partial charge in [0.15, 0.2) is 0 Å². The number of aliphatic hydroxyl groups excluding tert-OH is 1. The maximum absolute atomic E-state index is 11.8. The van der Waals surface area contributed by atoms with E-state index in [9.17, 15) is 9.90 Å². The Kier molecular flexibility index (Phi) is 8.16. The number of imidazole rings is 1. The second kappa shape index (κ2) is 9.91. The minimum atomic E-state index is -0.250. The monoisotopic (exact) mass is 313 g/mol. The molecule has 0 radical (unpaired) electrons. The van der Waals surface area contributed by atoms with Crippen LogP contribution in [0.5, 0.6) is 0 Å². The van der Waals surface area contributed by atoms with E-state index in [2.05, 4.69) is 10.3 Å². The number of ether oxygens (including phenoxy) is 1. The Morgan fingerprint density at radius 3 is 2.68 bits per heavy atom. The number of amides is 1. The van der Waals surface area contributed by atoms with Gasteiger partial charge < -0.3 is 24.8 Å². The summed E-state index contributed by atoms with van der Waals surface area (Å²) in [5, 5.41) is 19.3. The number of carboxylic acid groups (broad SMARTS) is 1. The van der Waals surface area contributed by atoms with Crippen LogP contribution in [0.1, 0.15) is 19.3 Å². The lowest BCUT2D eigenvalue weighted by Gasteiger charge is -2.35. The number of aryl methyl sites for hydroxylation is 1. The van der Waals surface area contributed by atoms with Crippen LogP contribution in [0.4, 0.5) is 0 Å². The molecule has 0 atom stereocenters. The van der Waals surface area contributed by atoms with Gasteiger partial charge in [0.05, 0.1) is 12.9 Å². The fourth-order valence-corrected chi connectivity index (χ4v) is 2.22. The van der Waals surface area contributed by atoms with Crippen LogP contribution in [0.3, 0.4) is 0 Å². The van der Waals surface area contributed by atoms with Crippen LogP contribution in [0.25, 0.3) is 0 Å². The Bertz CT molecular complexity index is 430. The molecule has 124 valence electrons. The van der Waals surface area contributed by atoms with Crippen molar-refractivity contribution in [1.29, 1.82) is 0 Å². The van der Waals surface area contributed by atoms with Crippen LogP contribution in [0.15, 0.2) is 18.7 Å². The SMILES string of the molecule is O=C(CCn1ccnc1)NCC1(CO)CCOCC1.O=CO. The Labute approximate surface area is 129 Å². The lowest BCUT2D eigenvalue weighted by atomic mass is 9.81. The number of hydrogen-bond donors (Lipinski definition) is 3. The molecule has 8 nitrogen and oxygen atoms in total. The standard InChI is InChI=1S/C13H21N3O3.CH2O2/c17-10-13(2-7-19-8-3-13)9-15-12(18)1-5-16-6-4-14-11-16;2-1-3/h4,6,11,17H,1-3,5,7-10H2,(H,15,18);1H,(H,2,3). The molecule has 1 aromatic heterocycles. The van der Waals surface area contributed by atoms with E-state index < -0.39 is 0 Å². The van der Waals surface area contributed by atoms with E-state index in [-0.39, 0.29) is 24.4 Å². The summed E-state index contributed by atoms with van der Waals surface area (Å²) in [6, 6.07) is 0. The van der Waals surface area contributed by atoms with E-state index >= 15 is 0 Å². The van der Waals surface area contributed by atoms with Crippen LogP contribution in [0, 0.1) is 5.41 Å². The van der Waals surface area contributed by atoms with E-state index in [0.29, 0.717) is 32.7 Å². The minimum absolute atomic E-state index is 0.00742. The van der Waals surface area contributed by atoms with Gasteiger partial charge in [-0.1, -0.05) is 0 Å². The fourth-order valence-electron chi connectivity index (χ4n) is 2.22. The minimum Gasteiger partial charge on any atom is -0.483 e. The number of nitrogens with zero attached hydrogens (tertiary/aromatic N) is 2. The third-order valence-corrected chi connectivity index (χ3v) is 3.71. The van der Waals surface area contributed by atoms with Gasteiger partial charge in [0.1, 0.15) is 0 Å². The molecule has 0 spiro atoms. The molecule has 1 saturated heterocycles. The molecular formula is C14H23N3O5. The van der Waals surface area contributed by atoms with Crippen LogP contribution in [-0.2, 0) is 20.9 Å². The third-order valence-electron chi connectivity index (χ3n) is 3.71. The molecule has 1 aliphatic rings. The van der Waals surface area contributed by atoms with Gasteiger partial charge in [0, 0.05) is 50.5 Å². The van der Waals surface area contributed by atoms with Crippen molar-refractivity contribution in [3.05, 3.63) is 18.7 Å². The highest BCUT2D eigenvalue weighted by Crippen LogP contribution is 2.28. The summed E-state index contributed by atoms with van der Waals surface area (Å²) in [6.45, 7) is 2.31. The molecule has 0 aliphatic carbocycles. The summed E-state index contributed by atoms with van der Waals surface area (Å²) < 4.78 is 7.17. The summed E-state index contributed by atoms with van der Waals surface area (Å²) in [5.74, 6) is 0.00742. The molecule has 0 saturated carbocycles. The van der Waals surface area contributed by atoms with Gasteiger partial charge in [-0.2, -0.15) is 0 Å². The van der Waals surface area contributed by atoms with Gasteiger partial charge in [0.25, 0.3) is 6.47 Å². The van der Waals surface area contributed by atoms with Gasteiger partial charge in [-0.15, -0.1) is 0 Å². The van der Waals surface area contributed by atoms with E-state index in [0.717, 1.165) is 12.8 Å². The zero-order chi connectivity index (χ0) is 16.3. The summed E-state index contributed by atoms with van der Waals surface area (Å²) in [6.07, 6.45) is 7.24. The van der Waals surface area contributed by atoms with Crippen molar-refractivity contribution in [3.63, 3.8) is 0 Å². The molecule has 3 N–H and O–H groups in total. The molecular weight excluding hydrogens is 290 g/mol. The van der Waals surface area contributed by atoms with E-state index in [4.69, 9.17) is 14.6 Å². The van der Waals surface area contributed by atoms with Gasteiger partial charge >= 0.3 is 0 Å². The van der Waals surface area contributed by atoms with Crippen molar-refractivity contribution >= 4 is 12.4 Å². The molecule has 0 bridgehead atoms. The Balaban J connectivity index is 0.000000745. The number of carbonyl (C=O) groups excluding carboxylic acids is 1. The lowest BCUT2D eigenvalue weighted by molar-refractivity contribution is -0.123. The first kappa shape index (κ1) is 18.1. The largest absolute Gasteiger partial charge is 0.483 e. The smallest absolute Gasteiger partial charge is 0.290 e. The zero-order valence-electron chi connectivity index (χ0n) is 12.5. The lowest BCUT2D eigenvalue weighted by Crippen LogP contribution is -2.43. The molecule has 1 aliphatic heterocycles. The second-order valence-electron chi connectivity index (χ2n) is 5.20. The predicted molar refractivity (Wildman–Crippen MR) is 78.1 cm³/mol. The van der Waals surface area contributed by atoms with Gasteiger partial charge in [-0.05, 0) is 12.8 Å². The van der Waals surface area contributed by atoms with Gasteiger partial charge in [-0.3, -0.25) is 9.59 Å². The molecule has 0 aromatic carbocycles. The Morgan fingerprint density at radius 1 is 1.45 bits per heavy atom. The number of nitrogens with one attached hydrogen (secondary N) is 1. The molecule has 0 unspecified atom stereocenters. The first-order valence-electron chi connectivity index (χ1n) is 7.15.